The van der Waals surface area contributed by atoms with Crippen molar-refractivity contribution in [1.29, 1.82) is 0 Å². The molecule has 1 unspecified atom stereocenters. The highest BCUT2D eigenvalue weighted by atomic mass is 16.3. The van der Waals surface area contributed by atoms with Crippen molar-refractivity contribution in [3.63, 3.8) is 0 Å². The summed E-state index contributed by atoms with van der Waals surface area (Å²) >= 11 is 0. The lowest BCUT2D eigenvalue weighted by molar-refractivity contribution is -0.121. The van der Waals surface area contributed by atoms with E-state index in [9.17, 15) is 9.90 Å². The Morgan fingerprint density at radius 2 is 1.94 bits per heavy atom. The van der Waals surface area contributed by atoms with Gasteiger partial charge in [-0.1, -0.05) is 26.0 Å². The molecular formula is C14H22N2O2. The molecule has 0 heterocycles. The second kappa shape index (κ2) is 7.01. The molecular weight excluding hydrogens is 228 g/mol. The zero-order valence-electron chi connectivity index (χ0n) is 11.0. The molecule has 0 spiro atoms. The number of carbonyl (C=O) groups is 1. The highest BCUT2D eigenvalue weighted by Gasteiger charge is 2.13. The van der Waals surface area contributed by atoms with E-state index in [1.54, 1.807) is 12.1 Å². The quantitative estimate of drug-likeness (QED) is 0.667. The van der Waals surface area contributed by atoms with Gasteiger partial charge in [0.15, 0.2) is 0 Å². The Bertz CT molecular complexity index is 374. The SMILES string of the molecule is CC(C)CC(CO)NC(=O)Cc1ccc(N)cc1. The molecule has 0 aromatic heterocycles. The van der Waals surface area contributed by atoms with Crippen LogP contribution in [0.1, 0.15) is 25.8 Å². The molecule has 1 atom stereocenters. The molecule has 1 aromatic carbocycles. The number of aliphatic hydroxyl groups is 1. The van der Waals surface area contributed by atoms with Crippen LogP contribution < -0.4 is 11.1 Å². The molecule has 1 aromatic rings. The van der Waals surface area contributed by atoms with Gasteiger partial charge in [-0.25, -0.2) is 0 Å². The van der Waals surface area contributed by atoms with Crippen molar-refractivity contribution in [2.24, 2.45) is 5.92 Å². The lowest BCUT2D eigenvalue weighted by Crippen LogP contribution is -2.39. The number of carbonyl (C=O) groups excluding carboxylic acids is 1. The minimum Gasteiger partial charge on any atom is -0.399 e. The number of hydrogen-bond acceptors (Lipinski definition) is 3. The van der Waals surface area contributed by atoms with Crippen LogP contribution in [0.4, 0.5) is 5.69 Å². The first-order valence-corrected chi connectivity index (χ1v) is 6.26. The molecule has 0 saturated heterocycles. The van der Waals surface area contributed by atoms with Crippen LogP contribution in [0.2, 0.25) is 0 Å². The van der Waals surface area contributed by atoms with E-state index in [1.165, 1.54) is 0 Å². The lowest BCUT2D eigenvalue weighted by Gasteiger charge is -2.18. The maximum Gasteiger partial charge on any atom is 0.224 e. The summed E-state index contributed by atoms with van der Waals surface area (Å²) in [5.41, 5.74) is 7.19. The van der Waals surface area contributed by atoms with Crippen LogP contribution in [-0.4, -0.2) is 23.7 Å². The normalized spacial score (nSPS) is 12.4. The number of nitrogens with two attached hydrogens (primary N) is 1. The second-order valence-electron chi connectivity index (χ2n) is 4.99. The van der Waals surface area contributed by atoms with E-state index in [4.69, 9.17) is 5.73 Å². The van der Waals surface area contributed by atoms with Gasteiger partial charge >= 0.3 is 0 Å². The fraction of sp³-hybridized carbons (Fsp3) is 0.500. The van der Waals surface area contributed by atoms with E-state index < -0.39 is 0 Å². The van der Waals surface area contributed by atoms with Crippen molar-refractivity contribution in [1.82, 2.24) is 5.32 Å². The number of hydrogen-bond donors (Lipinski definition) is 3. The summed E-state index contributed by atoms with van der Waals surface area (Å²) in [4.78, 5) is 11.8. The third kappa shape index (κ3) is 5.19. The first kappa shape index (κ1) is 14.5. The summed E-state index contributed by atoms with van der Waals surface area (Å²) in [6.07, 6.45) is 1.10. The molecule has 4 nitrogen and oxygen atoms in total. The fourth-order valence-corrected chi connectivity index (χ4v) is 1.85. The van der Waals surface area contributed by atoms with Crippen molar-refractivity contribution in [2.75, 3.05) is 12.3 Å². The summed E-state index contributed by atoms with van der Waals surface area (Å²) in [7, 11) is 0. The number of rotatable bonds is 6. The average Bonchev–Trinajstić information content (AvgIpc) is 2.30. The summed E-state index contributed by atoms with van der Waals surface area (Å²) in [6.45, 7) is 4.11. The Hall–Kier alpha value is -1.55. The molecule has 18 heavy (non-hydrogen) atoms. The third-order valence-electron chi connectivity index (χ3n) is 2.69. The highest BCUT2D eigenvalue weighted by molar-refractivity contribution is 5.79. The summed E-state index contributed by atoms with van der Waals surface area (Å²) in [6, 6.07) is 7.07. The number of aliphatic hydroxyl groups excluding tert-OH is 1. The van der Waals surface area contributed by atoms with Crippen molar-refractivity contribution in [3.8, 4) is 0 Å². The van der Waals surface area contributed by atoms with Gasteiger partial charge in [0.25, 0.3) is 0 Å². The maximum absolute atomic E-state index is 11.8. The first-order chi connectivity index (χ1) is 8.51. The second-order valence-corrected chi connectivity index (χ2v) is 4.99. The molecule has 4 N–H and O–H groups in total. The van der Waals surface area contributed by atoms with Crippen LogP contribution in [0, 0.1) is 5.92 Å². The largest absolute Gasteiger partial charge is 0.399 e. The van der Waals surface area contributed by atoms with E-state index in [-0.39, 0.29) is 18.6 Å². The summed E-state index contributed by atoms with van der Waals surface area (Å²) in [5.74, 6) is 0.374. The molecule has 0 aliphatic heterocycles. The molecule has 0 aliphatic carbocycles. The van der Waals surface area contributed by atoms with Gasteiger partial charge in [-0.2, -0.15) is 0 Å². The van der Waals surface area contributed by atoms with E-state index >= 15 is 0 Å². The van der Waals surface area contributed by atoms with Crippen LogP contribution in [-0.2, 0) is 11.2 Å². The van der Waals surface area contributed by atoms with Gasteiger partial charge in [-0.05, 0) is 30.0 Å². The number of anilines is 1. The first-order valence-electron chi connectivity index (χ1n) is 6.26. The molecule has 0 aliphatic rings. The van der Waals surface area contributed by atoms with Gasteiger partial charge in [0.05, 0.1) is 19.1 Å². The third-order valence-corrected chi connectivity index (χ3v) is 2.69. The Kier molecular flexibility index (Phi) is 5.65. The van der Waals surface area contributed by atoms with E-state index in [0.717, 1.165) is 12.0 Å². The molecule has 0 fully saturated rings. The monoisotopic (exact) mass is 250 g/mol. The molecule has 0 radical (unpaired) electrons. The van der Waals surface area contributed by atoms with Gasteiger partial charge in [0, 0.05) is 5.69 Å². The molecule has 0 bridgehead atoms. The summed E-state index contributed by atoms with van der Waals surface area (Å²) < 4.78 is 0. The zero-order valence-corrected chi connectivity index (χ0v) is 11.0. The van der Waals surface area contributed by atoms with Gasteiger partial charge in [-0.3, -0.25) is 4.79 Å². The van der Waals surface area contributed by atoms with Gasteiger partial charge in [0.2, 0.25) is 5.91 Å². The predicted octanol–water partition coefficient (Wildman–Crippen LogP) is 1.33. The topological polar surface area (TPSA) is 75.3 Å². The van der Waals surface area contributed by atoms with Crippen LogP contribution in [0.15, 0.2) is 24.3 Å². The fourth-order valence-electron chi connectivity index (χ4n) is 1.85. The molecule has 1 amide bonds. The van der Waals surface area contributed by atoms with Crippen LogP contribution in [0.5, 0.6) is 0 Å². The summed E-state index contributed by atoms with van der Waals surface area (Å²) in [5, 5.41) is 12.0. The standard InChI is InChI=1S/C14H22N2O2/c1-10(2)7-13(9-17)16-14(18)8-11-3-5-12(15)6-4-11/h3-6,10,13,17H,7-9,15H2,1-2H3,(H,16,18). The van der Waals surface area contributed by atoms with E-state index in [0.29, 0.717) is 18.0 Å². The Morgan fingerprint density at radius 3 is 2.44 bits per heavy atom. The number of nitrogen functional groups attached to an aromatic ring is 1. The minimum absolute atomic E-state index is 0.0222. The Morgan fingerprint density at radius 1 is 1.33 bits per heavy atom. The Balaban J connectivity index is 2.47. The maximum atomic E-state index is 11.8. The minimum atomic E-state index is -0.161. The molecule has 100 valence electrons. The van der Waals surface area contributed by atoms with Crippen LogP contribution >= 0.6 is 0 Å². The van der Waals surface area contributed by atoms with Crippen molar-refractivity contribution in [3.05, 3.63) is 29.8 Å². The smallest absolute Gasteiger partial charge is 0.224 e. The van der Waals surface area contributed by atoms with Crippen molar-refractivity contribution in [2.45, 2.75) is 32.7 Å². The van der Waals surface area contributed by atoms with Crippen molar-refractivity contribution >= 4 is 11.6 Å². The van der Waals surface area contributed by atoms with Crippen LogP contribution in [0.25, 0.3) is 0 Å². The van der Waals surface area contributed by atoms with Gasteiger partial charge < -0.3 is 16.2 Å². The Labute approximate surface area is 108 Å². The molecule has 4 heteroatoms. The van der Waals surface area contributed by atoms with E-state index in [2.05, 4.69) is 19.2 Å². The highest BCUT2D eigenvalue weighted by Crippen LogP contribution is 2.07. The zero-order chi connectivity index (χ0) is 13.5. The molecule has 0 saturated carbocycles. The molecule has 1 rings (SSSR count). The average molecular weight is 250 g/mol. The van der Waals surface area contributed by atoms with Crippen LogP contribution in [0.3, 0.4) is 0 Å². The van der Waals surface area contributed by atoms with Gasteiger partial charge in [-0.15, -0.1) is 0 Å². The number of benzene rings is 1. The van der Waals surface area contributed by atoms with E-state index in [1.807, 2.05) is 12.1 Å². The predicted molar refractivity (Wildman–Crippen MR) is 73.0 cm³/mol. The number of nitrogens with one attached hydrogen (secondary N) is 1. The number of amides is 1. The lowest BCUT2D eigenvalue weighted by atomic mass is 10.0. The van der Waals surface area contributed by atoms with Gasteiger partial charge in [0.1, 0.15) is 0 Å². The van der Waals surface area contributed by atoms with Crippen molar-refractivity contribution < 1.29 is 9.90 Å².